The monoisotopic (exact) mass is 341 g/mol. The molecule has 0 spiro atoms. The zero-order valence-corrected chi connectivity index (χ0v) is 14.5. The van der Waals surface area contributed by atoms with E-state index < -0.39 is 15.1 Å². The predicted octanol–water partition coefficient (Wildman–Crippen LogP) is 1.36. The molecule has 1 aromatic carbocycles. The fraction of sp³-hybridized carbons (Fsp3) is 0.562. The first-order chi connectivity index (χ1) is 10.8. The van der Waals surface area contributed by atoms with Gasteiger partial charge in [-0.1, -0.05) is 19.9 Å². The molecule has 0 unspecified atom stereocenters. The first-order valence-corrected chi connectivity index (χ1v) is 9.29. The highest BCUT2D eigenvalue weighted by atomic mass is 32.2. The van der Waals surface area contributed by atoms with Gasteiger partial charge >= 0.3 is 0 Å². The van der Waals surface area contributed by atoms with Gasteiger partial charge in [-0.3, -0.25) is 4.79 Å². The fourth-order valence-electron chi connectivity index (χ4n) is 2.40. The van der Waals surface area contributed by atoms with E-state index in [2.05, 4.69) is 0 Å². The Morgan fingerprint density at radius 3 is 2.57 bits per heavy atom. The Morgan fingerprint density at radius 1 is 1.30 bits per heavy atom. The van der Waals surface area contributed by atoms with Crippen LogP contribution >= 0.6 is 0 Å². The molecule has 0 saturated carbocycles. The molecule has 0 aromatic heterocycles. The summed E-state index contributed by atoms with van der Waals surface area (Å²) >= 11 is 0. The van der Waals surface area contributed by atoms with Crippen molar-refractivity contribution in [3.8, 4) is 11.5 Å². The summed E-state index contributed by atoms with van der Waals surface area (Å²) in [4.78, 5) is 13.5. The van der Waals surface area contributed by atoms with Gasteiger partial charge in [-0.2, -0.15) is 0 Å². The van der Waals surface area contributed by atoms with E-state index >= 15 is 0 Å². The van der Waals surface area contributed by atoms with Gasteiger partial charge in [-0.15, -0.1) is 0 Å². The van der Waals surface area contributed by atoms with Crippen LogP contribution < -0.4 is 9.47 Å². The van der Waals surface area contributed by atoms with Crippen molar-refractivity contribution in [2.45, 2.75) is 19.1 Å². The molecule has 1 saturated heterocycles. The van der Waals surface area contributed by atoms with Crippen LogP contribution in [0.3, 0.4) is 0 Å². The van der Waals surface area contributed by atoms with Crippen LogP contribution in [0, 0.1) is 5.92 Å². The number of likely N-dealkylation sites (tertiary alicyclic amines) is 1. The van der Waals surface area contributed by atoms with Crippen molar-refractivity contribution in [3.63, 3.8) is 0 Å². The van der Waals surface area contributed by atoms with Crippen molar-refractivity contribution in [2.24, 2.45) is 5.92 Å². The highest BCUT2D eigenvalue weighted by molar-refractivity contribution is 7.92. The smallest absolute Gasteiger partial charge is 0.260 e. The minimum Gasteiger partial charge on any atom is -0.497 e. The molecule has 7 heteroatoms. The number of carbonyl (C=O) groups is 1. The topological polar surface area (TPSA) is 72.9 Å². The lowest BCUT2D eigenvalue weighted by atomic mass is 10.2. The van der Waals surface area contributed by atoms with Gasteiger partial charge in [0.25, 0.3) is 5.91 Å². The van der Waals surface area contributed by atoms with E-state index in [1.165, 1.54) is 4.90 Å². The van der Waals surface area contributed by atoms with Crippen LogP contribution in [0.4, 0.5) is 0 Å². The van der Waals surface area contributed by atoms with Crippen molar-refractivity contribution in [3.05, 3.63) is 24.3 Å². The number of hydrogen-bond donors (Lipinski definition) is 0. The van der Waals surface area contributed by atoms with Gasteiger partial charge in [0.15, 0.2) is 16.4 Å². The number of ether oxygens (including phenoxy) is 2. The molecule has 1 heterocycles. The zero-order chi connectivity index (χ0) is 17.0. The van der Waals surface area contributed by atoms with Crippen LogP contribution in [-0.4, -0.2) is 57.0 Å². The molecule has 1 fully saturated rings. The first-order valence-electron chi connectivity index (χ1n) is 7.58. The second kappa shape index (κ2) is 7.21. The molecule has 0 radical (unpaired) electrons. The van der Waals surface area contributed by atoms with Gasteiger partial charge in [0.05, 0.1) is 18.1 Å². The van der Waals surface area contributed by atoms with Gasteiger partial charge in [-0.25, -0.2) is 8.42 Å². The number of nitrogens with zero attached hydrogens (tertiary/aromatic N) is 1. The number of benzene rings is 1. The standard InChI is InChI=1S/C16H23NO5S/c1-12(2)11-23(19,20)15-8-17(9-15)16(18)10-22-14-6-4-5-13(7-14)21-3/h4-7,12,15H,8-11H2,1-3H3. The maximum Gasteiger partial charge on any atom is 0.260 e. The van der Waals surface area contributed by atoms with Crippen molar-refractivity contribution < 1.29 is 22.7 Å². The molecule has 23 heavy (non-hydrogen) atoms. The third-order valence-electron chi connectivity index (χ3n) is 3.68. The molecule has 0 bridgehead atoms. The van der Waals surface area contributed by atoms with Gasteiger partial charge in [0.1, 0.15) is 11.5 Å². The van der Waals surface area contributed by atoms with E-state index in [1.54, 1.807) is 31.4 Å². The maximum atomic E-state index is 12.1. The minimum absolute atomic E-state index is 0.0983. The van der Waals surface area contributed by atoms with Gasteiger partial charge in [0.2, 0.25) is 0 Å². The number of sulfone groups is 1. The molecule has 0 atom stereocenters. The molecule has 1 aliphatic rings. The second-order valence-corrected chi connectivity index (χ2v) is 8.44. The number of methoxy groups -OCH3 is 1. The fourth-order valence-corrected chi connectivity index (χ4v) is 4.41. The van der Waals surface area contributed by atoms with Gasteiger partial charge < -0.3 is 14.4 Å². The summed E-state index contributed by atoms with van der Waals surface area (Å²) in [5.41, 5.74) is 0. The predicted molar refractivity (Wildman–Crippen MR) is 87.5 cm³/mol. The van der Waals surface area contributed by atoms with Crippen LogP contribution in [0.25, 0.3) is 0 Å². The molecule has 0 N–H and O–H groups in total. The van der Waals surface area contributed by atoms with Crippen molar-refractivity contribution in [1.29, 1.82) is 0 Å². The molecule has 2 rings (SSSR count). The van der Waals surface area contributed by atoms with Crippen molar-refractivity contribution in [1.82, 2.24) is 4.90 Å². The summed E-state index contributed by atoms with van der Waals surface area (Å²) in [5.74, 6) is 1.26. The van der Waals surface area contributed by atoms with Crippen LogP contribution in [0.2, 0.25) is 0 Å². The van der Waals surface area contributed by atoms with E-state index in [4.69, 9.17) is 9.47 Å². The number of amides is 1. The van der Waals surface area contributed by atoms with E-state index in [0.717, 1.165) is 0 Å². The van der Waals surface area contributed by atoms with Gasteiger partial charge in [-0.05, 0) is 18.1 Å². The lowest BCUT2D eigenvalue weighted by molar-refractivity contribution is -0.136. The van der Waals surface area contributed by atoms with Crippen molar-refractivity contribution >= 4 is 15.7 Å². The summed E-state index contributed by atoms with van der Waals surface area (Å²) in [5, 5.41) is -0.439. The summed E-state index contributed by atoms with van der Waals surface area (Å²) < 4.78 is 34.6. The number of rotatable bonds is 7. The average molecular weight is 341 g/mol. The molecule has 1 aliphatic heterocycles. The Morgan fingerprint density at radius 2 is 1.96 bits per heavy atom. The largest absolute Gasteiger partial charge is 0.497 e. The van der Waals surface area contributed by atoms with E-state index in [9.17, 15) is 13.2 Å². The summed E-state index contributed by atoms with van der Waals surface area (Å²) in [6, 6.07) is 6.99. The molecule has 6 nitrogen and oxygen atoms in total. The Hall–Kier alpha value is -1.76. The molecule has 1 amide bonds. The third kappa shape index (κ3) is 4.60. The Labute approximate surface area is 137 Å². The zero-order valence-electron chi connectivity index (χ0n) is 13.7. The van der Waals surface area contributed by atoms with E-state index in [1.807, 2.05) is 13.8 Å². The Balaban J connectivity index is 1.80. The third-order valence-corrected chi connectivity index (χ3v) is 6.12. The second-order valence-electron chi connectivity index (χ2n) is 6.11. The van der Waals surface area contributed by atoms with Crippen LogP contribution in [-0.2, 0) is 14.6 Å². The summed E-state index contributed by atoms with van der Waals surface area (Å²) in [6.07, 6.45) is 0. The van der Waals surface area contributed by atoms with E-state index in [0.29, 0.717) is 11.5 Å². The molecule has 128 valence electrons. The molecular formula is C16H23NO5S. The highest BCUT2D eigenvalue weighted by Crippen LogP contribution is 2.21. The number of hydrogen-bond acceptors (Lipinski definition) is 5. The normalized spacial score (nSPS) is 15.4. The lowest BCUT2D eigenvalue weighted by Crippen LogP contribution is -2.58. The van der Waals surface area contributed by atoms with Crippen molar-refractivity contribution in [2.75, 3.05) is 32.6 Å². The quantitative estimate of drug-likeness (QED) is 0.749. The van der Waals surface area contributed by atoms with Crippen LogP contribution in [0.15, 0.2) is 24.3 Å². The molecule has 1 aromatic rings. The highest BCUT2D eigenvalue weighted by Gasteiger charge is 2.39. The average Bonchev–Trinajstić information content (AvgIpc) is 2.42. The number of carbonyl (C=O) groups excluding carboxylic acids is 1. The lowest BCUT2D eigenvalue weighted by Gasteiger charge is -2.38. The summed E-state index contributed by atoms with van der Waals surface area (Å²) in [7, 11) is -1.56. The Kier molecular flexibility index (Phi) is 5.51. The molecular weight excluding hydrogens is 318 g/mol. The first kappa shape index (κ1) is 17.6. The van der Waals surface area contributed by atoms with E-state index in [-0.39, 0.29) is 37.3 Å². The van der Waals surface area contributed by atoms with Gasteiger partial charge in [0, 0.05) is 19.2 Å². The van der Waals surface area contributed by atoms with Crippen LogP contribution in [0.5, 0.6) is 11.5 Å². The minimum atomic E-state index is -3.12. The summed E-state index contributed by atoms with van der Waals surface area (Å²) in [6.45, 7) is 4.16. The Bertz CT molecular complexity index is 650. The maximum absolute atomic E-state index is 12.1. The SMILES string of the molecule is COc1cccc(OCC(=O)N2CC(S(=O)(=O)CC(C)C)C2)c1. The van der Waals surface area contributed by atoms with Crippen LogP contribution in [0.1, 0.15) is 13.8 Å². The molecule has 0 aliphatic carbocycles.